The van der Waals surface area contributed by atoms with E-state index in [4.69, 9.17) is 19.3 Å². The van der Waals surface area contributed by atoms with Crippen LogP contribution in [0.4, 0.5) is 8.78 Å². The van der Waals surface area contributed by atoms with Crippen LogP contribution in [-0.4, -0.2) is 47.6 Å². The quantitative estimate of drug-likeness (QED) is 0.736. The SMILES string of the molecule is CC1(C)OC[C@H](C(OC(=O)c2ccc(-c3ccccc3)cc2)C(F)(F)C(=O)O)O1. The number of hydrogen-bond acceptors (Lipinski definition) is 5. The van der Waals surface area contributed by atoms with E-state index < -0.39 is 35.9 Å². The number of benzene rings is 2. The second kappa shape index (κ2) is 7.88. The number of carbonyl (C=O) groups excluding carboxylic acids is 1. The topological polar surface area (TPSA) is 82.1 Å². The van der Waals surface area contributed by atoms with Crippen LogP contribution in [0, 0.1) is 0 Å². The third-order valence-electron chi connectivity index (χ3n) is 4.47. The van der Waals surface area contributed by atoms with Crippen molar-refractivity contribution in [1.29, 1.82) is 0 Å². The zero-order valence-corrected chi connectivity index (χ0v) is 15.8. The van der Waals surface area contributed by atoms with Crippen molar-refractivity contribution in [3.63, 3.8) is 0 Å². The van der Waals surface area contributed by atoms with Gasteiger partial charge in [0.2, 0.25) is 6.10 Å². The Bertz CT molecular complexity index is 880. The first kappa shape index (κ1) is 20.9. The first-order valence-electron chi connectivity index (χ1n) is 8.89. The van der Waals surface area contributed by atoms with Crippen LogP contribution in [0.2, 0.25) is 0 Å². The number of aliphatic carboxylic acids is 1. The number of alkyl halides is 2. The molecule has 1 aliphatic heterocycles. The van der Waals surface area contributed by atoms with E-state index in [0.29, 0.717) is 0 Å². The zero-order valence-electron chi connectivity index (χ0n) is 15.8. The molecule has 2 aromatic carbocycles. The number of hydrogen-bond donors (Lipinski definition) is 1. The molecule has 1 N–H and O–H groups in total. The van der Waals surface area contributed by atoms with Gasteiger partial charge in [0.05, 0.1) is 12.2 Å². The molecule has 0 aliphatic carbocycles. The van der Waals surface area contributed by atoms with Crippen molar-refractivity contribution in [3.8, 4) is 11.1 Å². The second-order valence-corrected chi connectivity index (χ2v) is 7.06. The molecule has 0 saturated carbocycles. The molecule has 1 heterocycles. The molecule has 1 fully saturated rings. The average molecular weight is 406 g/mol. The fourth-order valence-corrected chi connectivity index (χ4v) is 2.98. The summed E-state index contributed by atoms with van der Waals surface area (Å²) in [6.07, 6.45) is -3.77. The van der Waals surface area contributed by atoms with Crippen LogP contribution >= 0.6 is 0 Å². The van der Waals surface area contributed by atoms with E-state index in [2.05, 4.69) is 0 Å². The maximum atomic E-state index is 14.3. The Hall–Kier alpha value is -2.84. The van der Waals surface area contributed by atoms with Gasteiger partial charge in [0, 0.05) is 0 Å². The second-order valence-electron chi connectivity index (χ2n) is 7.06. The fourth-order valence-electron chi connectivity index (χ4n) is 2.98. The summed E-state index contributed by atoms with van der Waals surface area (Å²) in [7, 11) is 0. The van der Waals surface area contributed by atoms with E-state index in [0.717, 1.165) is 11.1 Å². The molecule has 0 radical (unpaired) electrons. The molecular formula is C21H20F2O6. The molecular weight excluding hydrogens is 386 g/mol. The van der Waals surface area contributed by atoms with E-state index in [9.17, 15) is 18.4 Å². The summed E-state index contributed by atoms with van der Waals surface area (Å²) in [5.74, 6) is -9.04. The standard InChI is InChI=1S/C21H20F2O6/c1-20(2)27-12-16(29-20)17(21(22,23)19(25)26)28-18(24)15-10-8-14(9-11-15)13-6-4-3-5-7-13/h3-11,16-17H,12H2,1-2H3,(H,25,26)/t16-,17?/m1/s1. The highest BCUT2D eigenvalue weighted by Gasteiger charge is 2.57. The van der Waals surface area contributed by atoms with Gasteiger partial charge in [-0.15, -0.1) is 0 Å². The third kappa shape index (κ3) is 4.60. The minimum atomic E-state index is -4.35. The van der Waals surface area contributed by atoms with Gasteiger partial charge < -0.3 is 19.3 Å². The normalized spacial score (nSPS) is 19.5. The number of ether oxygens (including phenoxy) is 3. The molecule has 1 saturated heterocycles. The number of carboxylic acids is 1. The lowest BCUT2D eigenvalue weighted by atomic mass is 10.0. The van der Waals surface area contributed by atoms with Gasteiger partial charge in [0.1, 0.15) is 6.10 Å². The van der Waals surface area contributed by atoms with Crippen molar-refractivity contribution in [2.75, 3.05) is 6.61 Å². The van der Waals surface area contributed by atoms with Gasteiger partial charge in [-0.2, -0.15) is 8.78 Å². The molecule has 3 rings (SSSR count). The summed E-state index contributed by atoms with van der Waals surface area (Å²) in [6, 6.07) is 15.5. The van der Waals surface area contributed by atoms with E-state index in [-0.39, 0.29) is 12.2 Å². The smallest absolute Gasteiger partial charge is 0.381 e. The van der Waals surface area contributed by atoms with Crippen molar-refractivity contribution < 1.29 is 37.7 Å². The van der Waals surface area contributed by atoms with Crippen molar-refractivity contribution >= 4 is 11.9 Å². The lowest BCUT2D eigenvalue weighted by Crippen LogP contribution is -2.52. The molecule has 2 aromatic rings. The Kier molecular flexibility index (Phi) is 5.68. The van der Waals surface area contributed by atoms with Gasteiger partial charge in [0.25, 0.3) is 0 Å². The van der Waals surface area contributed by atoms with Crippen molar-refractivity contribution in [2.24, 2.45) is 0 Å². The van der Waals surface area contributed by atoms with Gasteiger partial charge in [-0.05, 0) is 37.1 Å². The Balaban J connectivity index is 1.80. The molecule has 0 spiro atoms. The van der Waals surface area contributed by atoms with Crippen LogP contribution in [0.5, 0.6) is 0 Å². The van der Waals surface area contributed by atoms with Crippen molar-refractivity contribution in [1.82, 2.24) is 0 Å². The monoisotopic (exact) mass is 406 g/mol. The first-order chi connectivity index (χ1) is 13.6. The predicted octanol–water partition coefficient (Wildman–Crippen LogP) is 3.75. The molecule has 1 aliphatic rings. The number of halogens is 2. The van der Waals surface area contributed by atoms with E-state index >= 15 is 0 Å². The van der Waals surface area contributed by atoms with Crippen LogP contribution in [0.15, 0.2) is 54.6 Å². The van der Waals surface area contributed by atoms with E-state index in [1.54, 1.807) is 12.1 Å². The summed E-state index contributed by atoms with van der Waals surface area (Å²) >= 11 is 0. The largest absolute Gasteiger partial charge is 0.477 e. The highest BCUT2D eigenvalue weighted by molar-refractivity contribution is 5.90. The number of carbonyl (C=O) groups is 2. The molecule has 154 valence electrons. The molecule has 0 amide bonds. The first-order valence-corrected chi connectivity index (χ1v) is 8.89. The summed E-state index contributed by atoms with van der Waals surface area (Å²) in [6.45, 7) is 2.65. The Labute approximate surface area is 166 Å². The van der Waals surface area contributed by atoms with Gasteiger partial charge in [-0.1, -0.05) is 42.5 Å². The fraction of sp³-hybridized carbons (Fsp3) is 0.333. The number of esters is 1. The summed E-state index contributed by atoms with van der Waals surface area (Å²) in [5, 5.41) is 8.91. The number of carboxylic acid groups (broad SMARTS) is 1. The maximum absolute atomic E-state index is 14.3. The van der Waals surface area contributed by atoms with E-state index in [1.165, 1.54) is 26.0 Å². The Morgan fingerprint density at radius 3 is 2.21 bits per heavy atom. The highest BCUT2D eigenvalue weighted by atomic mass is 19.3. The molecule has 29 heavy (non-hydrogen) atoms. The Morgan fingerprint density at radius 1 is 1.10 bits per heavy atom. The lowest BCUT2D eigenvalue weighted by Gasteiger charge is -2.28. The molecule has 0 bridgehead atoms. The highest BCUT2D eigenvalue weighted by Crippen LogP contribution is 2.33. The van der Waals surface area contributed by atoms with Crippen LogP contribution in [0.1, 0.15) is 24.2 Å². The van der Waals surface area contributed by atoms with E-state index in [1.807, 2.05) is 30.3 Å². The van der Waals surface area contributed by atoms with Gasteiger partial charge in [-0.3, -0.25) is 0 Å². The van der Waals surface area contributed by atoms with Crippen LogP contribution in [-0.2, 0) is 19.0 Å². The number of rotatable bonds is 6. The Morgan fingerprint density at radius 2 is 1.69 bits per heavy atom. The minimum Gasteiger partial charge on any atom is -0.477 e. The van der Waals surface area contributed by atoms with Gasteiger partial charge in [-0.25, -0.2) is 9.59 Å². The van der Waals surface area contributed by atoms with Gasteiger partial charge >= 0.3 is 17.9 Å². The molecule has 8 heteroatoms. The summed E-state index contributed by atoms with van der Waals surface area (Å²) in [4.78, 5) is 23.5. The maximum Gasteiger partial charge on any atom is 0.381 e. The van der Waals surface area contributed by atoms with Crippen LogP contribution in [0.25, 0.3) is 11.1 Å². The van der Waals surface area contributed by atoms with Crippen LogP contribution < -0.4 is 0 Å². The zero-order chi connectivity index (χ0) is 21.2. The molecule has 2 atom stereocenters. The minimum absolute atomic E-state index is 0.00838. The summed E-state index contributed by atoms with van der Waals surface area (Å²) in [5.41, 5.74) is 1.75. The predicted molar refractivity (Wildman–Crippen MR) is 98.6 cm³/mol. The van der Waals surface area contributed by atoms with Crippen LogP contribution in [0.3, 0.4) is 0 Å². The molecule has 0 aromatic heterocycles. The lowest BCUT2D eigenvalue weighted by molar-refractivity contribution is -0.206. The van der Waals surface area contributed by atoms with Crippen molar-refractivity contribution in [3.05, 3.63) is 60.2 Å². The third-order valence-corrected chi connectivity index (χ3v) is 4.47. The molecule has 1 unspecified atom stereocenters. The van der Waals surface area contributed by atoms with Crippen molar-refractivity contribution in [2.45, 2.75) is 37.8 Å². The molecule has 6 nitrogen and oxygen atoms in total. The summed E-state index contributed by atoms with van der Waals surface area (Å²) < 4.78 is 44.0. The van der Waals surface area contributed by atoms with Gasteiger partial charge in [0.15, 0.2) is 5.79 Å². The average Bonchev–Trinajstić information content (AvgIpc) is 3.05.